The Morgan fingerprint density at radius 2 is 1.68 bits per heavy atom. The van der Waals surface area contributed by atoms with Crippen LogP contribution in [0.3, 0.4) is 0 Å². The number of nitrogens with zero attached hydrogens (tertiary/aromatic N) is 2. The van der Waals surface area contributed by atoms with E-state index in [1.54, 1.807) is 0 Å². The van der Waals surface area contributed by atoms with Crippen LogP contribution in [0.25, 0.3) is 22.0 Å². The maximum absolute atomic E-state index is 8.94. The standard InChI is InChI=1S/C20H18N2/c1-20(2,3)18-11-10-16(17-5-4-12-22-19(17)18)15-8-6-14(13-21)7-9-15/h4-12H,1-3H3. The molecule has 1 heterocycles. The third-order valence-corrected chi connectivity index (χ3v) is 3.90. The normalized spacial score (nSPS) is 11.4. The van der Waals surface area contributed by atoms with Crippen molar-refractivity contribution >= 4 is 10.9 Å². The molecule has 2 heteroatoms. The highest BCUT2D eigenvalue weighted by Gasteiger charge is 2.19. The molecule has 108 valence electrons. The smallest absolute Gasteiger partial charge is 0.0991 e. The van der Waals surface area contributed by atoms with Crippen LogP contribution in [0.5, 0.6) is 0 Å². The van der Waals surface area contributed by atoms with E-state index in [0.717, 1.165) is 22.0 Å². The van der Waals surface area contributed by atoms with Crippen LogP contribution < -0.4 is 0 Å². The molecule has 3 aromatic rings. The summed E-state index contributed by atoms with van der Waals surface area (Å²) in [6.07, 6.45) is 1.85. The maximum Gasteiger partial charge on any atom is 0.0991 e. The summed E-state index contributed by atoms with van der Waals surface area (Å²) in [7, 11) is 0. The van der Waals surface area contributed by atoms with Gasteiger partial charge in [-0.25, -0.2) is 0 Å². The van der Waals surface area contributed by atoms with Gasteiger partial charge in [0, 0.05) is 11.6 Å². The van der Waals surface area contributed by atoms with E-state index < -0.39 is 0 Å². The highest BCUT2D eigenvalue weighted by Crippen LogP contribution is 2.34. The van der Waals surface area contributed by atoms with E-state index in [2.05, 4.69) is 50.0 Å². The topological polar surface area (TPSA) is 36.7 Å². The van der Waals surface area contributed by atoms with Crippen molar-refractivity contribution in [3.63, 3.8) is 0 Å². The van der Waals surface area contributed by atoms with Crippen LogP contribution in [0, 0.1) is 11.3 Å². The monoisotopic (exact) mass is 286 g/mol. The maximum atomic E-state index is 8.94. The van der Waals surface area contributed by atoms with Crippen LogP contribution in [-0.4, -0.2) is 4.98 Å². The number of aromatic nitrogens is 1. The molecule has 2 aromatic carbocycles. The first-order chi connectivity index (χ1) is 10.5. The minimum absolute atomic E-state index is 0.0514. The highest BCUT2D eigenvalue weighted by molar-refractivity contribution is 5.96. The fourth-order valence-corrected chi connectivity index (χ4v) is 2.75. The average Bonchev–Trinajstić information content (AvgIpc) is 2.53. The lowest BCUT2D eigenvalue weighted by molar-refractivity contribution is 0.594. The van der Waals surface area contributed by atoms with E-state index in [1.807, 2.05) is 36.5 Å². The van der Waals surface area contributed by atoms with Crippen LogP contribution in [0.1, 0.15) is 31.9 Å². The summed E-state index contributed by atoms with van der Waals surface area (Å²) in [4.78, 5) is 4.62. The number of rotatable bonds is 1. The van der Waals surface area contributed by atoms with Crippen molar-refractivity contribution in [1.29, 1.82) is 5.26 Å². The number of pyridine rings is 1. The Morgan fingerprint density at radius 3 is 2.32 bits per heavy atom. The zero-order chi connectivity index (χ0) is 15.7. The summed E-state index contributed by atoms with van der Waals surface area (Å²) < 4.78 is 0. The summed E-state index contributed by atoms with van der Waals surface area (Å²) in [5, 5.41) is 10.1. The van der Waals surface area contributed by atoms with Crippen LogP contribution in [0.15, 0.2) is 54.7 Å². The second-order valence-electron chi connectivity index (χ2n) is 6.50. The Hall–Kier alpha value is -2.66. The van der Waals surface area contributed by atoms with E-state index in [9.17, 15) is 0 Å². The fraction of sp³-hybridized carbons (Fsp3) is 0.200. The van der Waals surface area contributed by atoms with Crippen molar-refractivity contribution in [3.8, 4) is 17.2 Å². The molecule has 3 rings (SSSR count). The molecule has 0 aliphatic heterocycles. The van der Waals surface area contributed by atoms with Gasteiger partial charge in [-0.15, -0.1) is 0 Å². The van der Waals surface area contributed by atoms with Gasteiger partial charge in [0.1, 0.15) is 0 Å². The van der Waals surface area contributed by atoms with Crippen LogP contribution in [0.4, 0.5) is 0 Å². The first-order valence-electron chi connectivity index (χ1n) is 7.39. The Balaban J connectivity index is 2.26. The molecule has 0 fully saturated rings. The van der Waals surface area contributed by atoms with Crippen molar-refractivity contribution in [2.75, 3.05) is 0 Å². The van der Waals surface area contributed by atoms with Crippen molar-refractivity contribution in [2.45, 2.75) is 26.2 Å². The predicted molar refractivity (Wildman–Crippen MR) is 90.6 cm³/mol. The Kier molecular flexibility index (Phi) is 3.42. The molecule has 1 aromatic heterocycles. The first-order valence-corrected chi connectivity index (χ1v) is 7.39. The molecule has 0 spiro atoms. The Morgan fingerprint density at radius 1 is 0.955 bits per heavy atom. The van der Waals surface area contributed by atoms with Gasteiger partial charge in [-0.05, 0) is 40.3 Å². The zero-order valence-corrected chi connectivity index (χ0v) is 13.1. The minimum atomic E-state index is 0.0514. The molecule has 0 aliphatic rings. The molecule has 0 unspecified atom stereocenters. The van der Waals surface area contributed by atoms with Crippen molar-refractivity contribution in [3.05, 3.63) is 65.9 Å². The molecule has 0 saturated carbocycles. The molecular weight excluding hydrogens is 268 g/mol. The van der Waals surface area contributed by atoms with Gasteiger partial charge >= 0.3 is 0 Å². The van der Waals surface area contributed by atoms with Gasteiger partial charge in [0.15, 0.2) is 0 Å². The van der Waals surface area contributed by atoms with Crippen molar-refractivity contribution in [1.82, 2.24) is 4.98 Å². The summed E-state index contributed by atoms with van der Waals surface area (Å²) in [6.45, 7) is 6.62. The van der Waals surface area contributed by atoms with Gasteiger partial charge in [-0.1, -0.05) is 51.1 Å². The summed E-state index contributed by atoms with van der Waals surface area (Å²) in [6, 6.07) is 18.3. The number of hydrogen-bond donors (Lipinski definition) is 0. The molecular formula is C20H18N2. The van der Waals surface area contributed by atoms with Gasteiger partial charge in [-0.2, -0.15) is 5.26 Å². The molecule has 0 aliphatic carbocycles. The lowest BCUT2D eigenvalue weighted by atomic mass is 9.84. The van der Waals surface area contributed by atoms with Gasteiger partial charge in [-0.3, -0.25) is 4.98 Å². The third-order valence-electron chi connectivity index (χ3n) is 3.90. The lowest BCUT2D eigenvalue weighted by Crippen LogP contribution is -2.12. The Bertz CT molecular complexity index is 863. The largest absolute Gasteiger partial charge is 0.256 e. The summed E-state index contributed by atoms with van der Waals surface area (Å²) in [5.74, 6) is 0. The average molecular weight is 286 g/mol. The van der Waals surface area contributed by atoms with E-state index in [0.29, 0.717) is 5.56 Å². The van der Waals surface area contributed by atoms with Crippen LogP contribution >= 0.6 is 0 Å². The zero-order valence-electron chi connectivity index (χ0n) is 13.1. The van der Waals surface area contributed by atoms with Gasteiger partial charge < -0.3 is 0 Å². The van der Waals surface area contributed by atoms with Crippen LogP contribution in [0.2, 0.25) is 0 Å². The first kappa shape index (κ1) is 14.3. The molecule has 0 amide bonds. The lowest BCUT2D eigenvalue weighted by Gasteiger charge is -2.21. The SMILES string of the molecule is CC(C)(C)c1ccc(-c2ccc(C#N)cc2)c2cccnc12. The molecule has 0 bridgehead atoms. The second-order valence-corrected chi connectivity index (χ2v) is 6.50. The van der Waals surface area contributed by atoms with Gasteiger partial charge in [0.25, 0.3) is 0 Å². The highest BCUT2D eigenvalue weighted by atomic mass is 14.7. The van der Waals surface area contributed by atoms with E-state index >= 15 is 0 Å². The van der Waals surface area contributed by atoms with Crippen molar-refractivity contribution in [2.24, 2.45) is 0 Å². The van der Waals surface area contributed by atoms with E-state index in [1.165, 1.54) is 5.56 Å². The minimum Gasteiger partial charge on any atom is -0.256 e. The molecule has 0 atom stereocenters. The molecule has 2 nitrogen and oxygen atoms in total. The fourth-order valence-electron chi connectivity index (χ4n) is 2.75. The van der Waals surface area contributed by atoms with Crippen molar-refractivity contribution < 1.29 is 0 Å². The van der Waals surface area contributed by atoms with E-state index in [4.69, 9.17) is 5.26 Å². The number of benzene rings is 2. The number of hydrogen-bond acceptors (Lipinski definition) is 2. The summed E-state index contributed by atoms with van der Waals surface area (Å²) in [5.41, 5.74) is 5.29. The van der Waals surface area contributed by atoms with Gasteiger partial charge in [0.05, 0.1) is 17.1 Å². The van der Waals surface area contributed by atoms with Gasteiger partial charge in [0.2, 0.25) is 0 Å². The molecule has 22 heavy (non-hydrogen) atoms. The molecule has 0 N–H and O–H groups in total. The number of nitriles is 1. The molecule has 0 saturated heterocycles. The van der Waals surface area contributed by atoms with E-state index in [-0.39, 0.29) is 5.41 Å². The predicted octanol–water partition coefficient (Wildman–Crippen LogP) is 5.07. The Labute approximate surface area is 131 Å². The molecule has 0 radical (unpaired) electrons. The third kappa shape index (κ3) is 2.46. The van der Waals surface area contributed by atoms with Crippen LogP contribution in [-0.2, 0) is 5.41 Å². The quantitative estimate of drug-likeness (QED) is 0.626. The summed E-state index contributed by atoms with van der Waals surface area (Å²) >= 11 is 0. The number of fused-ring (bicyclic) bond motifs is 1. The second kappa shape index (κ2) is 5.27.